The molecule has 0 aliphatic rings. The third-order valence-electron chi connectivity index (χ3n) is 5.38. The van der Waals surface area contributed by atoms with Crippen molar-refractivity contribution in [3.05, 3.63) is 102 Å². The van der Waals surface area contributed by atoms with E-state index in [1.807, 2.05) is 28.8 Å². The molecule has 32 heavy (non-hydrogen) atoms. The summed E-state index contributed by atoms with van der Waals surface area (Å²) in [5, 5.41) is 15.3. The molecule has 2 N–H and O–H groups in total. The zero-order chi connectivity index (χ0) is 21.3. The fourth-order valence-electron chi connectivity index (χ4n) is 3.81. The second-order valence-corrected chi connectivity index (χ2v) is 7.38. The Morgan fingerprint density at radius 1 is 0.844 bits per heavy atom. The van der Waals surface area contributed by atoms with Gasteiger partial charge in [0.05, 0.1) is 0 Å². The number of fused-ring (bicyclic) bond motifs is 1. The minimum atomic E-state index is 0. The van der Waals surface area contributed by atoms with Crippen LogP contribution < -0.4 is 10.6 Å². The van der Waals surface area contributed by atoms with Crippen molar-refractivity contribution < 1.29 is 0 Å². The van der Waals surface area contributed by atoms with Gasteiger partial charge in [0.2, 0.25) is 0 Å². The lowest BCUT2D eigenvalue weighted by atomic mass is 9.88. The molecule has 2 heterocycles. The molecule has 2 aromatic heterocycles. The molecule has 166 valence electrons. The lowest BCUT2D eigenvalue weighted by Crippen LogP contribution is -2.39. The summed E-state index contributed by atoms with van der Waals surface area (Å²) in [7, 11) is 1.80. The topological polar surface area (TPSA) is 66.6 Å². The maximum Gasteiger partial charge on any atom is 0.190 e. The second-order valence-electron chi connectivity index (χ2n) is 7.38. The Morgan fingerprint density at radius 3 is 2.12 bits per heavy atom. The molecule has 0 amide bonds. The number of nitrogens with zero attached hydrogens (tertiary/aromatic N) is 4. The molecule has 0 aliphatic carbocycles. The Morgan fingerprint density at radius 2 is 1.47 bits per heavy atom. The van der Waals surface area contributed by atoms with Gasteiger partial charge >= 0.3 is 0 Å². The zero-order valence-electron chi connectivity index (χ0n) is 18.2. The number of halogens is 1. The van der Waals surface area contributed by atoms with E-state index in [1.165, 1.54) is 11.1 Å². The molecule has 4 aromatic rings. The molecule has 0 radical (unpaired) electrons. The predicted octanol–water partition coefficient (Wildman–Crippen LogP) is 4.28. The minimum Gasteiger partial charge on any atom is -0.356 e. The predicted molar refractivity (Wildman–Crippen MR) is 141 cm³/mol. The summed E-state index contributed by atoms with van der Waals surface area (Å²) in [6.45, 7) is 1.55. The summed E-state index contributed by atoms with van der Waals surface area (Å²) < 4.78 is 2.02. The van der Waals surface area contributed by atoms with Gasteiger partial charge in [-0.05, 0) is 29.7 Å². The van der Waals surface area contributed by atoms with Crippen LogP contribution in [0.4, 0.5) is 0 Å². The highest BCUT2D eigenvalue weighted by atomic mass is 127. The normalized spacial score (nSPS) is 11.4. The summed E-state index contributed by atoms with van der Waals surface area (Å²) in [5.41, 5.74) is 3.53. The van der Waals surface area contributed by atoms with Crippen LogP contribution in [0.25, 0.3) is 5.65 Å². The fourth-order valence-corrected chi connectivity index (χ4v) is 3.81. The molecule has 6 nitrogen and oxygen atoms in total. The number of pyridine rings is 1. The summed E-state index contributed by atoms with van der Waals surface area (Å²) in [6.07, 6.45) is 3.73. The molecule has 4 rings (SSSR count). The largest absolute Gasteiger partial charge is 0.356 e. The Balaban J connectivity index is 0.00000289. The van der Waals surface area contributed by atoms with Gasteiger partial charge < -0.3 is 10.6 Å². The standard InChI is InChI=1S/C25H28N6.HI/c1-26-25(28-18-16-24-30-29-23-14-8-9-19-31(23)24)27-17-15-22(20-10-4-2-5-11-20)21-12-6-3-7-13-21;/h2-14,19,22H,15-18H2,1H3,(H2,26,27,28);1H. The van der Waals surface area contributed by atoms with Crippen LogP contribution in [0, 0.1) is 0 Å². The number of benzene rings is 2. The van der Waals surface area contributed by atoms with E-state index in [9.17, 15) is 0 Å². The van der Waals surface area contributed by atoms with E-state index in [2.05, 4.69) is 86.5 Å². The maximum atomic E-state index is 4.36. The van der Waals surface area contributed by atoms with Crippen LogP contribution in [0.15, 0.2) is 90.1 Å². The first-order valence-electron chi connectivity index (χ1n) is 10.7. The third-order valence-corrected chi connectivity index (χ3v) is 5.38. The van der Waals surface area contributed by atoms with E-state index in [-0.39, 0.29) is 24.0 Å². The van der Waals surface area contributed by atoms with E-state index >= 15 is 0 Å². The van der Waals surface area contributed by atoms with Crippen molar-refractivity contribution in [2.75, 3.05) is 20.1 Å². The van der Waals surface area contributed by atoms with E-state index in [0.717, 1.165) is 43.4 Å². The Hall–Kier alpha value is -2.94. The second kappa shape index (κ2) is 12.2. The van der Waals surface area contributed by atoms with Crippen LogP contribution in [0.1, 0.15) is 29.3 Å². The van der Waals surface area contributed by atoms with Crippen molar-refractivity contribution in [1.82, 2.24) is 25.2 Å². The number of nitrogens with one attached hydrogen (secondary N) is 2. The number of aliphatic imine (C=N–C) groups is 1. The number of aromatic nitrogens is 3. The van der Waals surface area contributed by atoms with Gasteiger partial charge in [-0.3, -0.25) is 9.39 Å². The summed E-state index contributed by atoms with van der Waals surface area (Å²) in [4.78, 5) is 4.36. The van der Waals surface area contributed by atoms with Gasteiger partial charge in [0, 0.05) is 38.7 Å². The molecule has 2 aromatic carbocycles. The highest BCUT2D eigenvalue weighted by Gasteiger charge is 2.14. The van der Waals surface area contributed by atoms with Crippen molar-refractivity contribution in [2.24, 2.45) is 4.99 Å². The quantitative estimate of drug-likeness (QED) is 0.199. The molecule has 0 saturated heterocycles. The average molecular weight is 540 g/mol. The maximum absolute atomic E-state index is 4.36. The monoisotopic (exact) mass is 540 g/mol. The lowest BCUT2D eigenvalue weighted by molar-refractivity contribution is 0.676. The Labute approximate surface area is 206 Å². The van der Waals surface area contributed by atoms with Gasteiger partial charge in [-0.2, -0.15) is 0 Å². The average Bonchev–Trinajstić information content (AvgIpc) is 3.25. The SMILES string of the molecule is CN=C(NCCc1nnc2ccccn12)NCCC(c1ccccc1)c1ccccc1.I. The number of hydrogen-bond acceptors (Lipinski definition) is 3. The van der Waals surface area contributed by atoms with Gasteiger partial charge in [0.25, 0.3) is 0 Å². The van der Waals surface area contributed by atoms with Crippen molar-refractivity contribution in [1.29, 1.82) is 0 Å². The molecule has 0 bridgehead atoms. The summed E-state index contributed by atoms with van der Waals surface area (Å²) in [6, 6.07) is 27.3. The molecular formula is C25H29IN6. The molecular weight excluding hydrogens is 511 g/mol. The van der Waals surface area contributed by atoms with Crippen molar-refractivity contribution in [3.8, 4) is 0 Å². The van der Waals surface area contributed by atoms with Crippen LogP contribution in [0.5, 0.6) is 0 Å². The van der Waals surface area contributed by atoms with Gasteiger partial charge in [0.15, 0.2) is 11.6 Å². The highest BCUT2D eigenvalue weighted by Crippen LogP contribution is 2.27. The zero-order valence-corrected chi connectivity index (χ0v) is 20.5. The third kappa shape index (κ3) is 6.06. The van der Waals surface area contributed by atoms with Crippen LogP contribution in [-0.2, 0) is 6.42 Å². The minimum absolute atomic E-state index is 0. The van der Waals surface area contributed by atoms with E-state index in [0.29, 0.717) is 5.92 Å². The van der Waals surface area contributed by atoms with Crippen LogP contribution >= 0.6 is 24.0 Å². The van der Waals surface area contributed by atoms with Crippen molar-refractivity contribution in [2.45, 2.75) is 18.8 Å². The molecule has 0 atom stereocenters. The van der Waals surface area contributed by atoms with Crippen LogP contribution in [0.3, 0.4) is 0 Å². The highest BCUT2D eigenvalue weighted by molar-refractivity contribution is 14.0. The van der Waals surface area contributed by atoms with Crippen molar-refractivity contribution in [3.63, 3.8) is 0 Å². The van der Waals surface area contributed by atoms with E-state index in [4.69, 9.17) is 0 Å². The number of rotatable bonds is 8. The summed E-state index contributed by atoms with van der Waals surface area (Å²) in [5.74, 6) is 2.08. The molecule has 0 spiro atoms. The molecule has 0 fully saturated rings. The van der Waals surface area contributed by atoms with Gasteiger partial charge in [-0.15, -0.1) is 34.2 Å². The van der Waals surface area contributed by atoms with Crippen LogP contribution in [0.2, 0.25) is 0 Å². The Kier molecular flexibility index (Phi) is 9.03. The first-order valence-corrected chi connectivity index (χ1v) is 10.7. The van der Waals surface area contributed by atoms with Gasteiger partial charge in [0.1, 0.15) is 5.82 Å². The summed E-state index contributed by atoms with van der Waals surface area (Å²) >= 11 is 0. The number of guanidine groups is 1. The van der Waals surface area contributed by atoms with E-state index in [1.54, 1.807) is 7.05 Å². The van der Waals surface area contributed by atoms with E-state index < -0.39 is 0 Å². The molecule has 0 saturated carbocycles. The molecule has 7 heteroatoms. The first kappa shape index (κ1) is 23.7. The van der Waals surface area contributed by atoms with Crippen molar-refractivity contribution >= 4 is 35.6 Å². The van der Waals surface area contributed by atoms with Gasteiger partial charge in [-0.1, -0.05) is 66.7 Å². The van der Waals surface area contributed by atoms with Gasteiger partial charge in [-0.25, -0.2) is 0 Å². The molecule has 0 aliphatic heterocycles. The first-order chi connectivity index (χ1) is 15.3. The fraction of sp³-hybridized carbons (Fsp3) is 0.240. The smallest absolute Gasteiger partial charge is 0.190 e. The Bertz CT molecular complexity index is 1070. The molecule has 0 unspecified atom stereocenters. The number of hydrogen-bond donors (Lipinski definition) is 2. The van der Waals surface area contributed by atoms with Crippen LogP contribution in [-0.4, -0.2) is 40.7 Å². The lowest BCUT2D eigenvalue weighted by Gasteiger charge is -2.19.